The molecular weight excluding hydrogens is 276 g/mol. The van der Waals surface area contributed by atoms with E-state index in [9.17, 15) is 17.4 Å². The van der Waals surface area contributed by atoms with E-state index in [4.69, 9.17) is 0 Å². The Labute approximate surface area is 112 Å². The molecule has 0 amide bonds. The highest BCUT2D eigenvalue weighted by molar-refractivity contribution is 7.94. The lowest BCUT2D eigenvalue weighted by Crippen LogP contribution is -2.33. The molecule has 7 heteroatoms. The molecule has 0 aromatic heterocycles. The normalized spacial score (nSPS) is 16.1. The monoisotopic (exact) mass is 298 g/mol. The average molecular weight is 298 g/mol. The topological polar surface area (TPSA) is 77.5 Å². The SMILES string of the molecule is COC(=O)CC(C)S(=O)CCS(=O)(=O)C(C)(C)C. The minimum Gasteiger partial charge on any atom is -0.469 e. The van der Waals surface area contributed by atoms with E-state index in [1.54, 1.807) is 27.7 Å². The van der Waals surface area contributed by atoms with Gasteiger partial charge in [0, 0.05) is 21.8 Å². The van der Waals surface area contributed by atoms with Crippen molar-refractivity contribution < 1.29 is 22.2 Å². The van der Waals surface area contributed by atoms with Crippen molar-refractivity contribution in [3.05, 3.63) is 0 Å². The summed E-state index contributed by atoms with van der Waals surface area (Å²) in [5, 5.41) is -0.396. The molecule has 0 radical (unpaired) electrons. The van der Waals surface area contributed by atoms with Gasteiger partial charge in [-0.1, -0.05) is 6.92 Å². The van der Waals surface area contributed by atoms with Gasteiger partial charge in [-0.3, -0.25) is 9.00 Å². The van der Waals surface area contributed by atoms with Gasteiger partial charge in [-0.25, -0.2) is 8.42 Å². The van der Waals surface area contributed by atoms with Crippen LogP contribution in [-0.2, 0) is 30.2 Å². The molecule has 0 aliphatic rings. The van der Waals surface area contributed by atoms with Gasteiger partial charge in [0.15, 0.2) is 9.84 Å². The van der Waals surface area contributed by atoms with E-state index < -0.39 is 36.6 Å². The molecule has 0 saturated heterocycles. The lowest BCUT2D eigenvalue weighted by atomic mass is 10.3. The largest absolute Gasteiger partial charge is 0.469 e. The molecule has 0 aliphatic heterocycles. The number of carbonyl (C=O) groups excluding carboxylic acids is 1. The Morgan fingerprint density at radius 2 is 1.83 bits per heavy atom. The van der Waals surface area contributed by atoms with Crippen molar-refractivity contribution in [3.8, 4) is 0 Å². The molecule has 18 heavy (non-hydrogen) atoms. The molecule has 0 saturated carbocycles. The van der Waals surface area contributed by atoms with Gasteiger partial charge in [0.05, 0.1) is 24.0 Å². The van der Waals surface area contributed by atoms with Gasteiger partial charge in [0.25, 0.3) is 0 Å². The predicted octanol–water partition coefficient (Wildman–Crippen LogP) is 0.900. The van der Waals surface area contributed by atoms with Crippen LogP contribution in [0.1, 0.15) is 34.1 Å². The molecule has 0 bridgehead atoms. The summed E-state index contributed by atoms with van der Waals surface area (Å²) in [6, 6.07) is 0. The Morgan fingerprint density at radius 1 is 1.33 bits per heavy atom. The number of methoxy groups -OCH3 is 1. The Hall–Kier alpha value is -0.430. The van der Waals surface area contributed by atoms with Gasteiger partial charge in [-0.05, 0) is 20.8 Å². The maximum Gasteiger partial charge on any atom is 0.306 e. The highest BCUT2D eigenvalue weighted by atomic mass is 32.2. The Bertz CT molecular complexity index is 406. The van der Waals surface area contributed by atoms with Crippen LogP contribution in [-0.4, -0.2) is 47.2 Å². The van der Waals surface area contributed by atoms with Crippen LogP contribution < -0.4 is 0 Å². The fourth-order valence-corrected chi connectivity index (χ4v) is 3.98. The van der Waals surface area contributed by atoms with Crippen LogP contribution in [0.4, 0.5) is 0 Å². The van der Waals surface area contributed by atoms with Crippen LogP contribution in [0.25, 0.3) is 0 Å². The fraction of sp³-hybridized carbons (Fsp3) is 0.909. The summed E-state index contributed by atoms with van der Waals surface area (Å²) in [7, 11) is -3.35. The second-order valence-electron chi connectivity index (χ2n) is 5.11. The van der Waals surface area contributed by atoms with Crippen LogP contribution in [0.5, 0.6) is 0 Å². The number of hydrogen-bond acceptors (Lipinski definition) is 5. The zero-order chi connectivity index (χ0) is 14.6. The first kappa shape index (κ1) is 17.6. The van der Waals surface area contributed by atoms with E-state index in [1.165, 1.54) is 7.11 Å². The lowest BCUT2D eigenvalue weighted by molar-refractivity contribution is -0.140. The summed E-state index contributed by atoms with van der Waals surface area (Å²) < 4.78 is 39.1. The fourth-order valence-electron chi connectivity index (χ4n) is 1.11. The molecule has 5 nitrogen and oxygen atoms in total. The minimum atomic E-state index is -3.27. The summed E-state index contributed by atoms with van der Waals surface area (Å²) >= 11 is 0. The predicted molar refractivity (Wildman–Crippen MR) is 72.6 cm³/mol. The molecule has 0 N–H and O–H groups in total. The van der Waals surface area contributed by atoms with E-state index in [1.807, 2.05) is 0 Å². The van der Waals surface area contributed by atoms with Crippen molar-refractivity contribution in [2.75, 3.05) is 18.6 Å². The molecular formula is C11H22O5S2. The molecule has 0 aliphatic carbocycles. The Kier molecular flexibility index (Phi) is 6.50. The van der Waals surface area contributed by atoms with Gasteiger partial charge in [0.1, 0.15) is 0 Å². The summed E-state index contributed by atoms with van der Waals surface area (Å²) in [4.78, 5) is 11.0. The first-order valence-electron chi connectivity index (χ1n) is 5.67. The van der Waals surface area contributed by atoms with E-state index in [2.05, 4.69) is 4.74 Å². The van der Waals surface area contributed by atoms with Crippen molar-refractivity contribution in [2.24, 2.45) is 0 Å². The number of esters is 1. The molecule has 108 valence electrons. The van der Waals surface area contributed by atoms with Crippen LogP contribution in [0.3, 0.4) is 0 Å². The zero-order valence-electron chi connectivity index (χ0n) is 11.6. The smallest absolute Gasteiger partial charge is 0.306 e. The van der Waals surface area contributed by atoms with E-state index in [0.717, 1.165) is 0 Å². The molecule has 2 unspecified atom stereocenters. The van der Waals surface area contributed by atoms with Gasteiger partial charge >= 0.3 is 5.97 Å². The van der Waals surface area contributed by atoms with E-state index in [0.29, 0.717) is 0 Å². The molecule has 0 heterocycles. The van der Waals surface area contributed by atoms with Crippen molar-refractivity contribution in [1.29, 1.82) is 0 Å². The zero-order valence-corrected chi connectivity index (χ0v) is 13.2. The Balaban J connectivity index is 4.40. The summed E-state index contributed by atoms with van der Waals surface area (Å²) in [6.45, 7) is 6.49. The van der Waals surface area contributed by atoms with Gasteiger partial charge in [0.2, 0.25) is 0 Å². The summed E-state index contributed by atoms with van der Waals surface area (Å²) in [6.07, 6.45) is 0.0404. The third-order valence-electron chi connectivity index (χ3n) is 2.62. The Morgan fingerprint density at radius 3 is 2.22 bits per heavy atom. The van der Waals surface area contributed by atoms with Crippen molar-refractivity contribution >= 4 is 26.6 Å². The van der Waals surface area contributed by atoms with E-state index >= 15 is 0 Å². The highest BCUT2D eigenvalue weighted by Crippen LogP contribution is 2.16. The summed E-state index contributed by atoms with van der Waals surface area (Å²) in [5.41, 5.74) is 0. The lowest BCUT2D eigenvalue weighted by Gasteiger charge is -2.19. The number of hydrogen-bond donors (Lipinski definition) is 0. The van der Waals surface area contributed by atoms with Gasteiger partial charge in [-0.15, -0.1) is 0 Å². The quantitative estimate of drug-likeness (QED) is 0.681. The van der Waals surface area contributed by atoms with Crippen LogP contribution in [0.2, 0.25) is 0 Å². The summed E-state index contributed by atoms with van der Waals surface area (Å²) in [5.74, 6) is -0.513. The molecule has 0 aromatic rings. The maximum absolute atomic E-state index is 11.8. The third kappa shape index (κ3) is 5.48. The first-order chi connectivity index (χ1) is 8.01. The standard InChI is InChI=1S/C11H22O5S2/c1-9(8-10(12)16-5)17(13)6-7-18(14,15)11(2,3)4/h9H,6-8H2,1-5H3. The molecule has 0 fully saturated rings. The molecule has 0 rings (SSSR count). The molecule has 0 aromatic carbocycles. The number of carbonyl (C=O) groups is 1. The van der Waals surface area contributed by atoms with Crippen molar-refractivity contribution in [3.63, 3.8) is 0 Å². The second-order valence-corrected chi connectivity index (χ2v) is 9.94. The molecule has 0 spiro atoms. The molecule has 2 atom stereocenters. The van der Waals surface area contributed by atoms with Crippen LogP contribution in [0.15, 0.2) is 0 Å². The number of rotatable bonds is 6. The average Bonchev–Trinajstić information content (AvgIpc) is 2.23. The minimum absolute atomic E-state index is 0.0404. The second kappa shape index (κ2) is 6.65. The van der Waals surface area contributed by atoms with Crippen molar-refractivity contribution in [1.82, 2.24) is 0 Å². The number of ether oxygens (including phenoxy) is 1. The van der Waals surface area contributed by atoms with Gasteiger partial charge < -0.3 is 4.74 Å². The number of sulfone groups is 1. The van der Waals surface area contributed by atoms with Crippen LogP contribution >= 0.6 is 0 Å². The van der Waals surface area contributed by atoms with Gasteiger partial charge in [-0.2, -0.15) is 0 Å². The third-order valence-corrected chi connectivity index (χ3v) is 7.15. The van der Waals surface area contributed by atoms with Crippen molar-refractivity contribution in [2.45, 2.75) is 44.1 Å². The maximum atomic E-state index is 11.8. The highest BCUT2D eigenvalue weighted by Gasteiger charge is 2.29. The van der Waals surface area contributed by atoms with E-state index in [-0.39, 0.29) is 17.9 Å². The van der Waals surface area contributed by atoms with Crippen LogP contribution in [0, 0.1) is 0 Å². The first-order valence-corrected chi connectivity index (χ1v) is 8.71.